The molecule has 0 saturated heterocycles. The maximum atomic E-state index is 12.2. The second-order valence-electron chi connectivity index (χ2n) is 4.67. The van der Waals surface area contributed by atoms with Gasteiger partial charge in [-0.2, -0.15) is 0 Å². The Morgan fingerprint density at radius 1 is 1.33 bits per heavy atom. The Balaban J connectivity index is 3.80. The van der Waals surface area contributed by atoms with E-state index in [4.69, 9.17) is 9.84 Å². The summed E-state index contributed by atoms with van der Waals surface area (Å²) in [5.74, 6) is -1.38. The third kappa shape index (κ3) is 8.00. The van der Waals surface area contributed by atoms with Crippen molar-refractivity contribution < 1.29 is 23.8 Å². The standard InChI is InChI=1S/C12H22FNO4/c1-8(2)6-9(3)18-5-4-11(15)14-10(7-13)12(16)17/h8-10H,4-7H2,1-3H3,(H,14,15)(H,16,17). The molecule has 1 amide bonds. The molecule has 0 aliphatic rings. The summed E-state index contributed by atoms with van der Waals surface area (Å²) in [5, 5.41) is 10.6. The van der Waals surface area contributed by atoms with Gasteiger partial charge in [-0.25, -0.2) is 9.18 Å². The largest absolute Gasteiger partial charge is 0.480 e. The van der Waals surface area contributed by atoms with E-state index in [1.165, 1.54) is 0 Å². The maximum absolute atomic E-state index is 12.2. The van der Waals surface area contributed by atoms with Crippen LogP contribution in [0.3, 0.4) is 0 Å². The minimum Gasteiger partial charge on any atom is -0.480 e. The maximum Gasteiger partial charge on any atom is 0.328 e. The van der Waals surface area contributed by atoms with E-state index in [0.717, 1.165) is 6.42 Å². The normalized spacial score (nSPS) is 14.3. The number of carbonyl (C=O) groups is 2. The average molecular weight is 263 g/mol. The van der Waals surface area contributed by atoms with Gasteiger partial charge in [-0.05, 0) is 19.3 Å². The second kappa shape index (κ2) is 8.85. The number of halogens is 1. The molecule has 0 rings (SSSR count). The molecule has 0 aromatic rings. The monoisotopic (exact) mass is 263 g/mol. The number of alkyl halides is 1. The SMILES string of the molecule is CC(C)CC(C)OCCC(=O)NC(CF)C(=O)O. The zero-order chi connectivity index (χ0) is 14.1. The van der Waals surface area contributed by atoms with E-state index in [-0.39, 0.29) is 19.1 Å². The number of amides is 1. The van der Waals surface area contributed by atoms with Crippen molar-refractivity contribution >= 4 is 11.9 Å². The molecule has 6 heteroatoms. The van der Waals surface area contributed by atoms with Crippen LogP contribution in [0.15, 0.2) is 0 Å². The second-order valence-corrected chi connectivity index (χ2v) is 4.67. The molecule has 0 spiro atoms. The average Bonchev–Trinajstić information content (AvgIpc) is 2.24. The summed E-state index contributed by atoms with van der Waals surface area (Å²) >= 11 is 0. The van der Waals surface area contributed by atoms with Crippen LogP contribution in [0, 0.1) is 5.92 Å². The summed E-state index contributed by atoms with van der Waals surface area (Å²) in [6.45, 7) is 5.15. The molecular formula is C12H22FNO4. The van der Waals surface area contributed by atoms with Crippen molar-refractivity contribution in [2.75, 3.05) is 13.3 Å². The van der Waals surface area contributed by atoms with Gasteiger partial charge >= 0.3 is 5.97 Å². The summed E-state index contributed by atoms with van der Waals surface area (Å²) in [6, 6.07) is -1.47. The van der Waals surface area contributed by atoms with E-state index in [1.54, 1.807) is 0 Å². The molecule has 2 N–H and O–H groups in total. The Hall–Kier alpha value is -1.17. The molecule has 0 aliphatic heterocycles. The predicted octanol–water partition coefficient (Wildman–Crippen LogP) is 1.37. The van der Waals surface area contributed by atoms with Crippen LogP contribution >= 0.6 is 0 Å². The van der Waals surface area contributed by atoms with Gasteiger partial charge in [0.25, 0.3) is 0 Å². The highest BCUT2D eigenvalue weighted by atomic mass is 19.1. The summed E-state index contributed by atoms with van der Waals surface area (Å²) in [5.41, 5.74) is 0. The van der Waals surface area contributed by atoms with Gasteiger partial charge in [-0.15, -0.1) is 0 Å². The highest BCUT2D eigenvalue weighted by Crippen LogP contribution is 2.07. The summed E-state index contributed by atoms with van der Waals surface area (Å²) < 4.78 is 17.6. The lowest BCUT2D eigenvalue weighted by atomic mass is 10.1. The fourth-order valence-corrected chi connectivity index (χ4v) is 1.52. The van der Waals surface area contributed by atoms with Crippen molar-refractivity contribution in [1.29, 1.82) is 0 Å². The van der Waals surface area contributed by atoms with Gasteiger partial charge in [0.15, 0.2) is 6.04 Å². The Labute approximate surface area is 107 Å². The van der Waals surface area contributed by atoms with Crippen LogP contribution in [0.4, 0.5) is 4.39 Å². The number of rotatable bonds is 9. The van der Waals surface area contributed by atoms with Crippen molar-refractivity contribution in [3.05, 3.63) is 0 Å². The Morgan fingerprint density at radius 3 is 2.39 bits per heavy atom. The van der Waals surface area contributed by atoms with E-state index in [2.05, 4.69) is 19.2 Å². The first-order chi connectivity index (χ1) is 8.36. The van der Waals surface area contributed by atoms with Gasteiger partial charge in [0.2, 0.25) is 5.91 Å². The molecule has 5 nitrogen and oxygen atoms in total. The Bertz CT molecular complexity index is 271. The van der Waals surface area contributed by atoms with Crippen molar-refractivity contribution in [2.45, 2.75) is 45.8 Å². The quantitative estimate of drug-likeness (QED) is 0.658. The molecule has 0 radical (unpaired) electrons. The number of hydrogen-bond acceptors (Lipinski definition) is 3. The molecule has 0 fully saturated rings. The third-order valence-electron chi connectivity index (χ3n) is 2.32. The zero-order valence-electron chi connectivity index (χ0n) is 11.1. The zero-order valence-corrected chi connectivity index (χ0v) is 11.1. The van der Waals surface area contributed by atoms with Crippen LogP contribution in [0.2, 0.25) is 0 Å². The number of carbonyl (C=O) groups excluding carboxylic acids is 1. The summed E-state index contributed by atoms with van der Waals surface area (Å²) in [6.07, 6.45) is 0.977. The molecule has 0 saturated carbocycles. The van der Waals surface area contributed by atoms with Crippen molar-refractivity contribution in [2.24, 2.45) is 5.92 Å². The highest BCUT2D eigenvalue weighted by Gasteiger charge is 2.19. The van der Waals surface area contributed by atoms with Gasteiger partial charge < -0.3 is 15.2 Å². The lowest BCUT2D eigenvalue weighted by Gasteiger charge is -2.15. The molecule has 2 unspecified atom stereocenters. The minimum atomic E-state index is -1.47. The van der Waals surface area contributed by atoms with Crippen LogP contribution < -0.4 is 5.32 Å². The smallest absolute Gasteiger partial charge is 0.328 e. The molecule has 106 valence electrons. The molecule has 0 aromatic heterocycles. The summed E-state index contributed by atoms with van der Waals surface area (Å²) in [7, 11) is 0. The molecule has 18 heavy (non-hydrogen) atoms. The van der Waals surface area contributed by atoms with Gasteiger partial charge in [-0.3, -0.25) is 4.79 Å². The fraction of sp³-hybridized carbons (Fsp3) is 0.833. The van der Waals surface area contributed by atoms with E-state index in [9.17, 15) is 14.0 Å². The number of ether oxygens (including phenoxy) is 1. The van der Waals surface area contributed by atoms with Crippen molar-refractivity contribution in [3.8, 4) is 0 Å². The third-order valence-corrected chi connectivity index (χ3v) is 2.32. The van der Waals surface area contributed by atoms with Gasteiger partial charge in [-0.1, -0.05) is 13.8 Å². The summed E-state index contributed by atoms with van der Waals surface area (Å²) in [4.78, 5) is 21.8. The molecule has 0 bridgehead atoms. The van der Waals surface area contributed by atoms with Crippen molar-refractivity contribution in [1.82, 2.24) is 5.32 Å². The molecular weight excluding hydrogens is 241 g/mol. The molecule has 0 aromatic carbocycles. The van der Waals surface area contributed by atoms with E-state index in [0.29, 0.717) is 5.92 Å². The number of carboxylic acid groups (broad SMARTS) is 1. The van der Waals surface area contributed by atoms with Crippen LogP contribution in [0.1, 0.15) is 33.6 Å². The minimum absolute atomic E-state index is 0.0339. The highest BCUT2D eigenvalue weighted by molar-refractivity contribution is 5.83. The van der Waals surface area contributed by atoms with Gasteiger partial charge in [0.1, 0.15) is 6.67 Å². The van der Waals surface area contributed by atoms with Gasteiger partial charge in [0.05, 0.1) is 12.7 Å². The lowest BCUT2D eigenvalue weighted by molar-refractivity contribution is -0.142. The Kier molecular flexibility index (Phi) is 8.28. The lowest BCUT2D eigenvalue weighted by Crippen LogP contribution is -2.42. The molecule has 0 heterocycles. The fourth-order valence-electron chi connectivity index (χ4n) is 1.52. The first kappa shape index (κ1) is 16.8. The number of aliphatic carboxylic acids is 1. The van der Waals surface area contributed by atoms with Crippen LogP contribution in [-0.4, -0.2) is 42.4 Å². The topological polar surface area (TPSA) is 75.6 Å². The van der Waals surface area contributed by atoms with E-state index in [1.807, 2.05) is 6.92 Å². The van der Waals surface area contributed by atoms with Crippen LogP contribution in [-0.2, 0) is 14.3 Å². The first-order valence-electron chi connectivity index (χ1n) is 6.06. The van der Waals surface area contributed by atoms with Crippen molar-refractivity contribution in [3.63, 3.8) is 0 Å². The number of nitrogens with one attached hydrogen (secondary N) is 1. The van der Waals surface area contributed by atoms with Crippen LogP contribution in [0.25, 0.3) is 0 Å². The van der Waals surface area contributed by atoms with E-state index < -0.39 is 24.6 Å². The first-order valence-corrected chi connectivity index (χ1v) is 6.06. The number of carboxylic acids is 1. The van der Waals surface area contributed by atoms with Crippen LogP contribution in [0.5, 0.6) is 0 Å². The molecule has 0 aliphatic carbocycles. The molecule has 2 atom stereocenters. The van der Waals surface area contributed by atoms with E-state index >= 15 is 0 Å². The Morgan fingerprint density at radius 2 is 1.94 bits per heavy atom. The predicted molar refractivity (Wildman–Crippen MR) is 65.0 cm³/mol. The van der Waals surface area contributed by atoms with Gasteiger partial charge in [0, 0.05) is 6.42 Å². The number of hydrogen-bond donors (Lipinski definition) is 2.